The Kier molecular flexibility index (Phi) is 2.05. The maximum absolute atomic E-state index is 8.54. The van der Waals surface area contributed by atoms with E-state index in [0.29, 0.717) is 6.54 Å². The van der Waals surface area contributed by atoms with Crippen LogP contribution in [0.25, 0.3) is 0 Å². The number of hydrogen-bond acceptors (Lipinski definition) is 3. The Balaban J connectivity index is 3.07. The lowest BCUT2D eigenvalue weighted by atomic mass is 10.3. The highest BCUT2D eigenvalue weighted by Crippen LogP contribution is 2.19. The lowest BCUT2D eigenvalue weighted by Gasteiger charge is -1.81. The molecule has 2 N–H and O–H groups in total. The average molecular weight is 152 g/mol. The molecule has 0 fully saturated rings. The molecular weight excluding hydrogens is 144 g/mol. The highest BCUT2D eigenvalue weighted by molar-refractivity contribution is 7.12. The summed E-state index contributed by atoms with van der Waals surface area (Å²) in [5, 5.41) is 8.54. The van der Waals surface area contributed by atoms with Crippen LogP contribution in [-0.2, 0) is 6.54 Å². The third-order valence-corrected chi connectivity index (χ3v) is 2.36. The van der Waals surface area contributed by atoms with E-state index in [1.807, 2.05) is 13.0 Å². The summed E-state index contributed by atoms with van der Waals surface area (Å²) in [6.07, 6.45) is 0. The minimum Gasteiger partial charge on any atom is -0.326 e. The van der Waals surface area contributed by atoms with E-state index >= 15 is 0 Å². The first-order chi connectivity index (χ1) is 4.77. The van der Waals surface area contributed by atoms with E-state index in [9.17, 15) is 0 Å². The summed E-state index contributed by atoms with van der Waals surface area (Å²) in [7, 11) is 0. The first kappa shape index (κ1) is 7.26. The number of nitrogens with two attached hydrogens (primary N) is 1. The molecular formula is C7H8N2S. The minimum absolute atomic E-state index is 0.535. The molecule has 1 aromatic rings. The van der Waals surface area contributed by atoms with Crippen LogP contribution in [0.1, 0.15) is 15.3 Å². The van der Waals surface area contributed by atoms with Gasteiger partial charge in [-0.1, -0.05) is 0 Å². The Morgan fingerprint density at radius 2 is 2.50 bits per heavy atom. The number of aryl methyl sites for hydroxylation is 1. The van der Waals surface area contributed by atoms with Gasteiger partial charge in [-0.3, -0.25) is 0 Å². The minimum atomic E-state index is 0.535. The summed E-state index contributed by atoms with van der Waals surface area (Å²) in [6.45, 7) is 2.47. The highest BCUT2D eigenvalue weighted by Gasteiger charge is 2.01. The number of thiophene rings is 1. The molecule has 0 bridgehead atoms. The van der Waals surface area contributed by atoms with Crippen molar-refractivity contribution in [3.05, 3.63) is 21.4 Å². The lowest BCUT2D eigenvalue weighted by molar-refractivity contribution is 1.11. The highest BCUT2D eigenvalue weighted by atomic mass is 32.1. The van der Waals surface area contributed by atoms with Gasteiger partial charge >= 0.3 is 0 Å². The molecule has 0 spiro atoms. The fourth-order valence-electron chi connectivity index (χ4n) is 0.755. The molecule has 2 nitrogen and oxygen atoms in total. The van der Waals surface area contributed by atoms with Crippen LogP contribution >= 0.6 is 11.3 Å². The van der Waals surface area contributed by atoms with Gasteiger partial charge in [-0.25, -0.2) is 0 Å². The predicted molar refractivity (Wildman–Crippen MR) is 41.7 cm³/mol. The predicted octanol–water partition coefficient (Wildman–Crippen LogP) is 1.39. The summed E-state index contributed by atoms with van der Waals surface area (Å²) in [5.41, 5.74) is 6.14. The molecule has 0 saturated carbocycles. The van der Waals surface area contributed by atoms with Crippen molar-refractivity contribution in [2.75, 3.05) is 0 Å². The summed E-state index contributed by atoms with van der Waals surface area (Å²) in [4.78, 5) is 2.14. The van der Waals surface area contributed by atoms with Gasteiger partial charge in [-0.15, -0.1) is 11.3 Å². The third kappa shape index (κ3) is 1.18. The van der Waals surface area contributed by atoms with Crippen molar-refractivity contribution in [3.63, 3.8) is 0 Å². The van der Waals surface area contributed by atoms with Crippen LogP contribution in [0.3, 0.4) is 0 Å². The van der Waals surface area contributed by atoms with Crippen LogP contribution in [0.5, 0.6) is 0 Å². The zero-order valence-electron chi connectivity index (χ0n) is 5.72. The first-order valence-corrected chi connectivity index (χ1v) is 3.79. The quantitative estimate of drug-likeness (QED) is 0.661. The molecule has 0 aliphatic heterocycles. The fourth-order valence-corrected chi connectivity index (χ4v) is 1.62. The molecule has 1 rings (SSSR count). The standard InChI is InChI=1S/C7H8N2S/c1-5-6(3-8)2-7(4-9)10-5/h2H,4,9H2,1H3. The zero-order valence-corrected chi connectivity index (χ0v) is 6.53. The Morgan fingerprint density at radius 3 is 2.80 bits per heavy atom. The van der Waals surface area contributed by atoms with E-state index in [1.165, 1.54) is 0 Å². The van der Waals surface area contributed by atoms with Crippen molar-refractivity contribution in [2.24, 2.45) is 5.73 Å². The van der Waals surface area contributed by atoms with Crippen LogP contribution in [0.4, 0.5) is 0 Å². The summed E-state index contributed by atoms with van der Waals surface area (Å²) < 4.78 is 0. The molecule has 52 valence electrons. The van der Waals surface area contributed by atoms with E-state index < -0.39 is 0 Å². The van der Waals surface area contributed by atoms with Gasteiger partial charge in [-0.05, 0) is 13.0 Å². The van der Waals surface area contributed by atoms with Crippen LogP contribution < -0.4 is 5.73 Å². The Bertz CT molecular complexity index is 270. The second-order valence-corrected chi connectivity index (χ2v) is 3.34. The van der Waals surface area contributed by atoms with E-state index in [2.05, 4.69) is 6.07 Å². The Labute approximate surface area is 63.9 Å². The maximum Gasteiger partial charge on any atom is 0.100 e. The number of nitrogens with zero attached hydrogens (tertiary/aromatic N) is 1. The topological polar surface area (TPSA) is 49.8 Å². The lowest BCUT2D eigenvalue weighted by Crippen LogP contribution is -1.91. The van der Waals surface area contributed by atoms with Crippen molar-refractivity contribution in [1.29, 1.82) is 5.26 Å². The van der Waals surface area contributed by atoms with Gasteiger partial charge in [0.15, 0.2) is 0 Å². The molecule has 0 amide bonds. The van der Waals surface area contributed by atoms with E-state index in [-0.39, 0.29) is 0 Å². The molecule has 3 heteroatoms. The largest absolute Gasteiger partial charge is 0.326 e. The van der Waals surface area contributed by atoms with Crippen molar-refractivity contribution in [1.82, 2.24) is 0 Å². The molecule has 0 saturated heterocycles. The van der Waals surface area contributed by atoms with Crippen molar-refractivity contribution in [2.45, 2.75) is 13.5 Å². The fraction of sp³-hybridized carbons (Fsp3) is 0.286. The normalized spacial score (nSPS) is 9.30. The van der Waals surface area contributed by atoms with Gasteiger partial charge in [0.05, 0.1) is 5.56 Å². The number of nitriles is 1. The van der Waals surface area contributed by atoms with Gasteiger partial charge in [0.25, 0.3) is 0 Å². The third-order valence-electron chi connectivity index (χ3n) is 1.29. The smallest absolute Gasteiger partial charge is 0.100 e. The summed E-state index contributed by atoms with van der Waals surface area (Å²) >= 11 is 1.59. The van der Waals surface area contributed by atoms with Crippen molar-refractivity contribution in [3.8, 4) is 6.07 Å². The molecule has 0 aliphatic carbocycles. The first-order valence-electron chi connectivity index (χ1n) is 2.97. The van der Waals surface area contributed by atoms with E-state index in [1.54, 1.807) is 11.3 Å². The maximum atomic E-state index is 8.54. The Hall–Kier alpha value is -0.850. The second-order valence-electron chi connectivity index (χ2n) is 2.00. The van der Waals surface area contributed by atoms with Gasteiger partial charge in [0, 0.05) is 16.3 Å². The molecule has 1 aromatic heterocycles. The molecule has 0 aromatic carbocycles. The van der Waals surface area contributed by atoms with Crippen LogP contribution in [-0.4, -0.2) is 0 Å². The van der Waals surface area contributed by atoms with E-state index in [4.69, 9.17) is 11.0 Å². The van der Waals surface area contributed by atoms with Crippen LogP contribution in [0, 0.1) is 18.3 Å². The molecule has 0 aliphatic rings. The van der Waals surface area contributed by atoms with Gasteiger partial charge in [-0.2, -0.15) is 5.26 Å². The number of rotatable bonds is 1. The SMILES string of the molecule is Cc1sc(CN)cc1C#N. The van der Waals surface area contributed by atoms with Gasteiger partial charge in [0.2, 0.25) is 0 Å². The second kappa shape index (κ2) is 2.82. The van der Waals surface area contributed by atoms with Crippen LogP contribution in [0.15, 0.2) is 6.07 Å². The van der Waals surface area contributed by atoms with Gasteiger partial charge < -0.3 is 5.73 Å². The monoisotopic (exact) mass is 152 g/mol. The van der Waals surface area contributed by atoms with Crippen molar-refractivity contribution >= 4 is 11.3 Å². The van der Waals surface area contributed by atoms with Crippen LogP contribution in [0.2, 0.25) is 0 Å². The summed E-state index contributed by atoms with van der Waals surface area (Å²) in [5.74, 6) is 0. The molecule has 0 radical (unpaired) electrons. The average Bonchev–Trinajstić information content (AvgIpc) is 2.30. The Morgan fingerprint density at radius 1 is 1.80 bits per heavy atom. The zero-order chi connectivity index (χ0) is 7.56. The molecule has 0 unspecified atom stereocenters. The molecule has 1 heterocycles. The number of hydrogen-bond donors (Lipinski definition) is 1. The summed E-state index contributed by atoms with van der Waals surface area (Å²) in [6, 6.07) is 3.95. The van der Waals surface area contributed by atoms with E-state index in [0.717, 1.165) is 15.3 Å². The van der Waals surface area contributed by atoms with Gasteiger partial charge in [0.1, 0.15) is 6.07 Å². The van der Waals surface area contributed by atoms with Crippen molar-refractivity contribution < 1.29 is 0 Å². The molecule has 10 heavy (non-hydrogen) atoms. The molecule has 0 atom stereocenters.